The van der Waals surface area contributed by atoms with Gasteiger partial charge in [-0.25, -0.2) is 0 Å². The van der Waals surface area contributed by atoms with Gasteiger partial charge >= 0.3 is 0 Å². The van der Waals surface area contributed by atoms with Gasteiger partial charge in [-0.1, -0.05) is 176 Å². The molecule has 0 radical (unpaired) electrons. The second-order valence-corrected chi connectivity index (χ2v) is 16.3. The Balaban J connectivity index is 1.07. The van der Waals surface area contributed by atoms with E-state index in [1.807, 2.05) is 11.3 Å². The second-order valence-electron chi connectivity index (χ2n) is 15.2. The fraction of sp³-hybridized carbons (Fsp3) is 0. The molecular weight excluding hydrogens is 735 g/mol. The Hall–Kier alpha value is -7.46. The maximum absolute atomic E-state index is 7.06. The first-order valence-corrected chi connectivity index (χ1v) is 20.9. The van der Waals surface area contributed by atoms with E-state index in [4.69, 9.17) is 4.42 Å². The van der Waals surface area contributed by atoms with Gasteiger partial charge in [0.05, 0.1) is 11.4 Å². The fourth-order valence-corrected chi connectivity index (χ4v) is 10.3. The van der Waals surface area contributed by atoms with Crippen molar-refractivity contribution in [3.05, 3.63) is 212 Å². The zero-order valence-corrected chi connectivity index (χ0v) is 32.8. The van der Waals surface area contributed by atoms with E-state index < -0.39 is 0 Å². The van der Waals surface area contributed by atoms with Crippen molar-refractivity contribution in [2.24, 2.45) is 0 Å². The Morgan fingerprint density at radius 3 is 1.80 bits per heavy atom. The third-order valence-corrected chi connectivity index (χ3v) is 13.0. The van der Waals surface area contributed by atoms with Crippen molar-refractivity contribution in [2.75, 3.05) is 4.90 Å². The van der Waals surface area contributed by atoms with Crippen LogP contribution in [-0.2, 0) is 0 Å². The van der Waals surface area contributed by atoms with Gasteiger partial charge < -0.3 is 9.32 Å². The van der Waals surface area contributed by atoms with E-state index in [2.05, 4.69) is 217 Å². The Labute approximate surface area is 345 Å². The summed E-state index contributed by atoms with van der Waals surface area (Å²) in [6.45, 7) is 0. The molecule has 276 valence electrons. The molecule has 0 spiro atoms. The zero-order valence-electron chi connectivity index (χ0n) is 32.0. The van der Waals surface area contributed by atoms with Crippen LogP contribution in [0.2, 0.25) is 0 Å². The van der Waals surface area contributed by atoms with E-state index in [0.29, 0.717) is 0 Å². The molecule has 0 bridgehead atoms. The van der Waals surface area contributed by atoms with E-state index in [1.54, 1.807) is 0 Å². The topological polar surface area (TPSA) is 16.4 Å². The molecular formula is C56H35NOS. The van der Waals surface area contributed by atoms with E-state index in [0.717, 1.165) is 55.5 Å². The van der Waals surface area contributed by atoms with Crippen molar-refractivity contribution in [3.63, 3.8) is 0 Å². The lowest BCUT2D eigenvalue weighted by Crippen LogP contribution is -2.11. The lowest BCUT2D eigenvalue weighted by molar-refractivity contribution is 0.670. The van der Waals surface area contributed by atoms with Gasteiger partial charge in [-0.3, -0.25) is 0 Å². The number of hydrogen-bond donors (Lipinski definition) is 0. The number of hydrogen-bond acceptors (Lipinski definition) is 3. The maximum Gasteiger partial charge on any atom is 0.159 e. The molecule has 59 heavy (non-hydrogen) atoms. The zero-order chi connectivity index (χ0) is 38.9. The number of anilines is 3. The average Bonchev–Trinajstić information content (AvgIpc) is 3.88. The van der Waals surface area contributed by atoms with Gasteiger partial charge in [0.25, 0.3) is 0 Å². The molecule has 0 unspecified atom stereocenters. The van der Waals surface area contributed by atoms with Gasteiger partial charge in [-0.2, -0.15) is 0 Å². The van der Waals surface area contributed by atoms with Crippen molar-refractivity contribution in [1.29, 1.82) is 0 Å². The van der Waals surface area contributed by atoms with Gasteiger partial charge in [0.2, 0.25) is 0 Å². The molecule has 2 aromatic heterocycles. The molecule has 2 heterocycles. The Kier molecular flexibility index (Phi) is 7.75. The van der Waals surface area contributed by atoms with Gasteiger partial charge in [0.15, 0.2) is 5.58 Å². The van der Waals surface area contributed by atoms with Crippen molar-refractivity contribution in [1.82, 2.24) is 0 Å². The molecule has 0 N–H and O–H groups in total. The van der Waals surface area contributed by atoms with Crippen molar-refractivity contribution in [2.45, 2.75) is 0 Å². The SMILES string of the molecule is c1ccc(-c2cccc3c2oc2c(N(c4ccc(-c5ccc6c(c5)sc5ccccc56)cc4)c4ccc(-c5cccc6ccccc56)c5ccccc45)cccc23)cc1. The average molecular weight is 770 g/mol. The van der Waals surface area contributed by atoms with Crippen molar-refractivity contribution < 1.29 is 4.42 Å². The van der Waals surface area contributed by atoms with Crippen LogP contribution >= 0.6 is 11.3 Å². The van der Waals surface area contributed by atoms with Crippen LogP contribution < -0.4 is 4.90 Å². The first-order valence-electron chi connectivity index (χ1n) is 20.1. The summed E-state index contributed by atoms with van der Waals surface area (Å²) in [7, 11) is 0. The largest absolute Gasteiger partial charge is 0.453 e. The van der Waals surface area contributed by atoms with Crippen LogP contribution in [-0.4, -0.2) is 0 Å². The quantitative estimate of drug-likeness (QED) is 0.167. The first-order chi connectivity index (χ1) is 29.3. The predicted molar refractivity (Wildman–Crippen MR) is 253 cm³/mol. The lowest BCUT2D eigenvalue weighted by atomic mass is 9.93. The summed E-state index contributed by atoms with van der Waals surface area (Å²) in [5.41, 5.74) is 11.9. The molecule has 0 aliphatic rings. The Morgan fingerprint density at radius 2 is 0.932 bits per heavy atom. The first kappa shape index (κ1) is 33.7. The number of para-hydroxylation sites is 2. The van der Waals surface area contributed by atoms with Gasteiger partial charge in [0, 0.05) is 47.6 Å². The predicted octanol–water partition coefficient (Wildman–Crippen LogP) is 16.7. The summed E-state index contributed by atoms with van der Waals surface area (Å²) in [6, 6.07) is 76.8. The van der Waals surface area contributed by atoms with Gasteiger partial charge in [-0.15, -0.1) is 11.3 Å². The van der Waals surface area contributed by atoms with Gasteiger partial charge in [-0.05, 0) is 80.4 Å². The minimum atomic E-state index is 0.854. The highest BCUT2D eigenvalue weighted by molar-refractivity contribution is 7.25. The molecule has 0 fully saturated rings. The fourth-order valence-electron chi connectivity index (χ4n) is 9.12. The molecule has 0 aliphatic heterocycles. The highest BCUT2D eigenvalue weighted by atomic mass is 32.1. The number of benzene rings is 10. The maximum atomic E-state index is 7.06. The van der Waals surface area contributed by atoms with E-state index in [9.17, 15) is 0 Å². The summed E-state index contributed by atoms with van der Waals surface area (Å²) < 4.78 is 9.69. The molecule has 3 heteroatoms. The van der Waals surface area contributed by atoms with Crippen molar-refractivity contribution >= 4 is 92.1 Å². The molecule has 2 nitrogen and oxygen atoms in total. The minimum absolute atomic E-state index is 0.854. The van der Waals surface area contributed by atoms with E-state index in [-0.39, 0.29) is 0 Å². The van der Waals surface area contributed by atoms with Gasteiger partial charge in [0.1, 0.15) is 5.58 Å². The number of furan rings is 1. The number of thiophene rings is 1. The molecule has 0 aliphatic carbocycles. The summed E-state index contributed by atoms with van der Waals surface area (Å²) >= 11 is 1.86. The third kappa shape index (κ3) is 5.47. The second kappa shape index (κ2) is 13.6. The Bertz CT molecular complexity index is 3550. The summed E-state index contributed by atoms with van der Waals surface area (Å²) in [5.74, 6) is 0. The molecule has 12 aromatic rings. The molecule has 10 aromatic carbocycles. The summed E-state index contributed by atoms with van der Waals surface area (Å²) in [4.78, 5) is 2.39. The Morgan fingerprint density at radius 1 is 0.322 bits per heavy atom. The molecule has 0 saturated carbocycles. The minimum Gasteiger partial charge on any atom is -0.453 e. The molecule has 0 amide bonds. The van der Waals surface area contributed by atoms with E-state index >= 15 is 0 Å². The van der Waals surface area contributed by atoms with Crippen LogP contribution in [0.3, 0.4) is 0 Å². The van der Waals surface area contributed by atoms with Crippen LogP contribution in [0.25, 0.3) is 97.0 Å². The lowest BCUT2D eigenvalue weighted by Gasteiger charge is -2.28. The third-order valence-electron chi connectivity index (χ3n) is 11.9. The van der Waals surface area contributed by atoms with Crippen LogP contribution in [0.5, 0.6) is 0 Å². The van der Waals surface area contributed by atoms with Crippen LogP contribution in [0.1, 0.15) is 0 Å². The highest BCUT2D eigenvalue weighted by Crippen LogP contribution is 2.48. The molecule has 12 rings (SSSR count). The highest BCUT2D eigenvalue weighted by Gasteiger charge is 2.23. The normalized spacial score (nSPS) is 11.7. The van der Waals surface area contributed by atoms with Crippen LogP contribution in [0, 0.1) is 0 Å². The number of nitrogens with zero attached hydrogens (tertiary/aromatic N) is 1. The van der Waals surface area contributed by atoms with E-state index in [1.165, 1.54) is 58.6 Å². The number of rotatable bonds is 6. The molecule has 0 saturated heterocycles. The molecule has 0 atom stereocenters. The van der Waals surface area contributed by atoms with Crippen LogP contribution in [0.15, 0.2) is 217 Å². The monoisotopic (exact) mass is 769 g/mol. The summed E-state index contributed by atoms with van der Waals surface area (Å²) in [6.07, 6.45) is 0. The van der Waals surface area contributed by atoms with Crippen molar-refractivity contribution in [3.8, 4) is 33.4 Å². The smallest absolute Gasteiger partial charge is 0.159 e. The number of fused-ring (bicyclic) bond motifs is 8. The summed E-state index contributed by atoms with van der Waals surface area (Å²) in [5, 5.41) is 9.66. The standard InChI is InChI=1S/C56H35NOS/c1-2-13-38(14-3-1)42-21-11-23-49-50-24-12-25-52(56(50)58-55(42)49)57(40-30-27-36(28-31-40)39-29-32-48-47-20-8-9-26-53(47)59-54(48)35-39)51-34-33-45(44-18-6-7-19-46(44)51)43-22-10-16-37-15-4-5-17-41(37)43/h1-35H. The van der Waals surface area contributed by atoms with Crippen LogP contribution in [0.4, 0.5) is 17.1 Å².